The van der Waals surface area contributed by atoms with E-state index in [9.17, 15) is 13.2 Å². The molecular weight excluding hydrogens is 370 g/mol. The van der Waals surface area contributed by atoms with E-state index in [1.807, 2.05) is 0 Å². The lowest BCUT2D eigenvalue weighted by atomic mass is 10.1. The second-order valence-electron chi connectivity index (χ2n) is 5.99. The van der Waals surface area contributed by atoms with Crippen LogP contribution in [0.25, 0.3) is 22.4 Å². The third kappa shape index (κ3) is 3.24. The molecule has 2 aromatic heterocycles. The number of H-pyrrole nitrogens is 1. The van der Waals surface area contributed by atoms with Gasteiger partial charge in [0.1, 0.15) is 11.5 Å². The van der Waals surface area contributed by atoms with Crippen molar-refractivity contribution in [2.75, 3.05) is 4.72 Å². The predicted molar refractivity (Wildman–Crippen MR) is 99.1 cm³/mol. The van der Waals surface area contributed by atoms with Crippen LogP contribution in [0.15, 0.2) is 61.0 Å². The van der Waals surface area contributed by atoms with E-state index < -0.39 is 15.8 Å². The van der Waals surface area contributed by atoms with Crippen molar-refractivity contribution in [1.29, 1.82) is 0 Å². The molecule has 0 bridgehead atoms. The fraction of sp³-hybridized carbons (Fsp3) is 0.111. The molecule has 0 unspecified atom stereocenters. The average Bonchev–Trinajstić information content (AvgIpc) is 3.14. The Morgan fingerprint density at radius 2 is 1.78 bits per heavy atom. The summed E-state index contributed by atoms with van der Waals surface area (Å²) < 4.78 is 38.1. The van der Waals surface area contributed by atoms with Crippen LogP contribution in [0.2, 0.25) is 0 Å². The number of hydrogen-bond donors (Lipinski definition) is 2. The van der Waals surface area contributed by atoms with Crippen LogP contribution in [0.1, 0.15) is 11.7 Å². The first-order valence-corrected chi connectivity index (χ1v) is 9.50. The van der Waals surface area contributed by atoms with Crippen LogP contribution >= 0.6 is 0 Å². The highest BCUT2D eigenvalue weighted by Crippen LogP contribution is 2.25. The Kier molecular flexibility index (Phi) is 3.88. The molecular formula is C18H15N3O5S. The zero-order valence-corrected chi connectivity index (χ0v) is 15.3. The number of nitrogens with one attached hydrogen (secondary N) is 2. The normalized spacial score (nSPS) is 11.8. The molecule has 4 aromatic rings. The van der Waals surface area contributed by atoms with Crippen molar-refractivity contribution in [3.8, 4) is 11.3 Å². The highest BCUT2D eigenvalue weighted by Gasteiger charge is 2.16. The standard InChI is InChI=1S/C18H15N3O5S/c1-10-17(19-11(2)25-10)12-3-6-14(7-4-12)27(23,24)21-13-5-8-15-16(9-13)26-18(22)20-15/h3-9,21H,1-2H3,(H,20,22). The molecule has 27 heavy (non-hydrogen) atoms. The molecule has 2 aromatic carbocycles. The van der Waals surface area contributed by atoms with Gasteiger partial charge < -0.3 is 8.83 Å². The fourth-order valence-corrected chi connectivity index (χ4v) is 3.86. The number of benzene rings is 2. The van der Waals surface area contributed by atoms with E-state index in [-0.39, 0.29) is 16.2 Å². The predicted octanol–water partition coefficient (Wildman–Crippen LogP) is 3.19. The number of anilines is 1. The quantitative estimate of drug-likeness (QED) is 0.557. The summed E-state index contributed by atoms with van der Waals surface area (Å²) in [5, 5.41) is 0. The van der Waals surface area contributed by atoms with Crippen LogP contribution in [0, 0.1) is 13.8 Å². The van der Waals surface area contributed by atoms with Gasteiger partial charge in [0, 0.05) is 18.6 Å². The zero-order chi connectivity index (χ0) is 19.2. The summed E-state index contributed by atoms with van der Waals surface area (Å²) in [4.78, 5) is 18.1. The summed E-state index contributed by atoms with van der Waals surface area (Å²) in [5.74, 6) is 0.620. The first-order chi connectivity index (χ1) is 12.8. The molecule has 2 N–H and O–H groups in total. The van der Waals surface area contributed by atoms with Gasteiger partial charge in [-0.1, -0.05) is 12.1 Å². The molecule has 0 radical (unpaired) electrons. The van der Waals surface area contributed by atoms with Crippen LogP contribution in [0.3, 0.4) is 0 Å². The molecule has 9 heteroatoms. The average molecular weight is 385 g/mol. The number of nitrogens with zero attached hydrogens (tertiary/aromatic N) is 1. The van der Waals surface area contributed by atoms with Crippen LogP contribution < -0.4 is 10.5 Å². The summed E-state index contributed by atoms with van der Waals surface area (Å²) in [6, 6.07) is 10.9. The van der Waals surface area contributed by atoms with E-state index in [4.69, 9.17) is 8.83 Å². The van der Waals surface area contributed by atoms with Crippen molar-refractivity contribution in [3.05, 3.63) is 64.7 Å². The molecule has 0 fully saturated rings. The minimum Gasteiger partial charge on any atom is -0.446 e. The highest BCUT2D eigenvalue weighted by atomic mass is 32.2. The largest absolute Gasteiger partial charge is 0.446 e. The first kappa shape index (κ1) is 17.1. The molecule has 0 aliphatic rings. The summed E-state index contributed by atoms with van der Waals surface area (Å²) in [6.07, 6.45) is 0. The fourth-order valence-electron chi connectivity index (χ4n) is 2.81. The topological polar surface area (TPSA) is 118 Å². The molecule has 0 amide bonds. The Balaban J connectivity index is 1.62. The van der Waals surface area contributed by atoms with Crippen molar-refractivity contribution < 1.29 is 17.3 Å². The number of aromatic amines is 1. The number of rotatable bonds is 4. The number of hydrogen-bond acceptors (Lipinski definition) is 6. The van der Waals surface area contributed by atoms with Crippen LogP contribution in [-0.4, -0.2) is 18.4 Å². The smallest absolute Gasteiger partial charge is 0.417 e. The maximum absolute atomic E-state index is 12.6. The Bertz CT molecular complexity index is 1300. The van der Waals surface area contributed by atoms with Gasteiger partial charge >= 0.3 is 5.76 Å². The van der Waals surface area contributed by atoms with E-state index in [1.165, 1.54) is 18.2 Å². The van der Waals surface area contributed by atoms with Gasteiger partial charge in [0.25, 0.3) is 10.0 Å². The number of oxazole rings is 2. The van der Waals surface area contributed by atoms with E-state index in [2.05, 4.69) is 14.7 Å². The molecule has 0 saturated heterocycles. The monoisotopic (exact) mass is 385 g/mol. The van der Waals surface area contributed by atoms with Crippen LogP contribution in [0.5, 0.6) is 0 Å². The SMILES string of the molecule is Cc1nc(-c2ccc(S(=O)(=O)Nc3ccc4[nH]c(=O)oc4c3)cc2)c(C)o1. The molecule has 0 atom stereocenters. The Labute approximate surface area is 153 Å². The van der Waals surface area contributed by atoms with E-state index in [0.29, 0.717) is 22.9 Å². The number of fused-ring (bicyclic) bond motifs is 1. The van der Waals surface area contributed by atoms with Crippen molar-refractivity contribution in [2.24, 2.45) is 0 Å². The van der Waals surface area contributed by atoms with Crippen LogP contribution in [0.4, 0.5) is 5.69 Å². The van der Waals surface area contributed by atoms with Gasteiger partial charge in [0.05, 0.1) is 16.1 Å². The molecule has 0 saturated carbocycles. The molecule has 0 spiro atoms. The van der Waals surface area contributed by atoms with Crippen LogP contribution in [-0.2, 0) is 10.0 Å². The van der Waals surface area contributed by atoms with Gasteiger partial charge in [-0.15, -0.1) is 0 Å². The molecule has 0 aliphatic heterocycles. The lowest BCUT2D eigenvalue weighted by Crippen LogP contribution is -2.12. The number of aryl methyl sites for hydroxylation is 2. The second kappa shape index (κ2) is 6.13. The van der Waals surface area contributed by atoms with E-state index >= 15 is 0 Å². The molecule has 2 heterocycles. The maximum Gasteiger partial charge on any atom is 0.417 e. The molecule has 0 aliphatic carbocycles. The lowest BCUT2D eigenvalue weighted by molar-refractivity contribution is 0.495. The Hall–Kier alpha value is -3.33. The van der Waals surface area contributed by atoms with Gasteiger partial charge in [0.2, 0.25) is 0 Å². The molecule has 4 rings (SSSR count). The van der Waals surface area contributed by atoms with Crippen molar-refractivity contribution >= 4 is 26.8 Å². The summed E-state index contributed by atoms with van der Waals surface area (Å²) >= 11 is 0. The van der Waals surface area contributed by atoms with Crippen molar-refractivity contribution in [2.45, 2.75) is 18.7 Å². The van der Waals surface area contributed by atoms with Gasteiger partial charge in [-0.2, -0.15) is 0 Å². The Morgan fingerprint density at radius 3 is 2.44 bits per heavy atom. The number of aromatic nitrogens is 2. The lowest BCUT2D eigenvalue weighted by Gasteiger charge is -2.08. The van der Waals surface area contributed by atoms with Crippen molar-refractivity contribution in [1.82, 2.24) is 9.97 Å². The highest BCUT2D eigenvalue weighted by molar-refractivity contribution is 7.92. The van der Waals surface area contributed by atoms with Gasteiger partial charge in [-0.05, 0) is 31.2 Å². The summed E-state index contributed by atoms with van der Waals surface area (Å²) in [6.45, 7) is 3.56. The minimum atomic E-state index is -3.80. The number of sulfonamides is 1. The summed E-state index contributed by atoms with van der Waals surface area (Å²) in [7, 11) is -3.80. The first-order valence-electron chi connectivity index (χ1n) is 8.02. The Morgan fingerprint density at radius 1 is 1.04 bits per heavy atom. The zero-order valence-electron chi connectivity index (χ0n) is 14.4. The minimum absolute atomic E-state index is 0.0970. The second-order valence-corrected chi connectivity index (χ2v) is 7.68. The maximum atomic E-state index is 12.6. The molecule has 138 valence electrons. The van der Waals surface area contributed by atoms with Gasteiger partial charge in [0.15, 0.2) is 11.5 Å². The van der Waals surface area contributed by atoms with Gasteiger partial charge in [-0.3, -0.25) is 9.71 Å². The van der Waals surface area contributed by atoms with Gasteiger partial charge in [-0.25, -0.2) is 18.2 Å². The van der Waals surface area contributed by atoms with Crippen molar-refractivity contribution in [3.63, 3.8) is 0 Å². The third-order valence-corrected chi connectivity index (χ3v) is 5.41. The summed E-state index contributed by atoms with van der Waals surface area (Å²) in [5.41, 5.74) is 2.49. The van der Waals surface area contributed by atoms with E-state index in [0.717, 1.165) is 5.56 Å². The van der Waals surface area contributed by atoms with E-state index in [1.54, 1.807) is 38.1 Å². The third-order valence-electron chi connectivity index (χ3n) is 4.01. The molecule has 8 nitrogen and oxygen atoms in total.